The predicted molar refractivity (Wildman–Crippen MR) is 112 cm³/mol. The molecule has 146 valence electrons. The van der Waals surface area contributed by atoms with Crippen LogP contribution in [0.4, 0.5) is 0 Å². The number of benzene rings is 1. The summed E-state index contributed by atoms with van der Waals surface area (Å²) in [4.78, 5) is 6.83. The molecule has 0 amide bonds. The Morgan fingerprint density at radius 2 is 1.82 bits per heavy atom. The Bertz CT molecular complexity index is 1050. The maximum atomic E-state index is 10.1. The lowest BCUT2D eigenvalue weighted by molar-refractivity contribution is 0.367. The van der Waals surface area contributed by atoms with Crippen molar-refractivity contribution in [2.24, 2.45) is 10.1 Å². The van der Waals surface area contributed by atoms with E-state index < -0.39 is 11.5 Å². The third kappa shape index (κ3) is 3.83. The molecule has 0 atom stereocenters. The quantitative estimate of drug-likeness (QED) is 0.432. The monoisotopic (exact) mass is 415 g/mol. The lowest BCUT2D eigenvalue weighted by Gasteiger charge is -2.16. The second-order valence-corrected chi connectivity index (χ2v) is 8.51. The van der Waals surface area contributed by atoms with E-state index in [0.29, 0.717) is 11.6 Å². The van der Waals surface area contributed by atoms with Crippen LogP contribution in [0.2, 0.25) is 0 Å². The first kappa shape index (κ1) is 18.8. The van der Waals surface area contributed by atoms with Crippen molar-refractivity contribution in [1.29, 1.82) is 0 Å². The van der Waals surface area contributed by atoms with E-state index in [2.05, 4.69) is 5.10 Å². The molecule has 1 aliphatic rings. The molecule has 0 bridgehead atoms. The van der Waals surface area contributed by atoms with Crippen molar-refractivity contribution < 1.29 is 15.3 Å². The highest BCUT2D eigenvalue weighted by atomic mass is 32.1. The molecule has 28 heavy (non-hydrogen) atoms. The van der Waals surface area contributed by atoms with Crippen LogP contribution in [0.3, 0.4) is 0 Å². The highest BCUT2D eigenvalue weighted by molar-refractivity contribution is 7.14. The van der Waals surface area contributed by atoms with Gasteiger partial charge in [0.05, 0.1) is 22.8 Å². The average Bonchev–Trinajstić information content (AvgIpc) is 3.36. The van der Waals surface area contributed by atoms with E-state index in [1.54, 1.807) is 27.3 Å². The Labute approximate surface area is 170 Å². The molecule has 2 heterocycles. The number of phenolic OH excluding ortho intramolecular Hbond substituents is 3. The van der Waals surface area contributed by atoms with Gasteiger partial charge in [0.1, 0.15) is 0 Å². The van der Waals surface area contributed by atoms with Gasteiger partial charge in [-0.3, -0.25) is 4.99 Å². The zero-order chi connectivity index (χ0) is 19.5. The molecule has 1 fully saturated rings. The van der Waals surface area contributed by atoms with E-state index >= 15 is 0 Å². The van der Waals surface area contributed by atoms with Crippen LogP contribution in [0.25, 0.3) is 10.6 Å². The van der Waals surface area contributed by atoms with Gasteiger partial charge in [-0.15, -0.1) is 22.7 Å². The summed E-state index contributed by atoms with van der Waals surface area (Å²) in [5.74, 6) is -1.32. The van der Waals surface area contributed by atoms with Gasteiger partial charge in [0, 0.05) is 10.9 Å². The first-order valence-corrected chi connectivity index (χ1v) is 11.0. The first-order valence-electron chi connectivity index (χ1n) is 9.20. The molecule has 3 N–H and O–H groups in total. The van der Waals surface area contributed by atoms with Gasteiger partial charge >= 0.3 is 0 Å². The molecule has 1 saturated carbocycles. The number of nitrogens with zero attached hydrogens (tertiary/aromatic N) is 3. The minimum Gasteiger partial charge on any atom is -0.504 e. The summed E-state index contributed by atoms with van der Waals surface area (Å²) >= 11 is 3.18. The maximum absolute atomic E-state index is 10.1. The zero-order valence-corrected chi connectivity index (χ0v) is 16.8. The van der Waals surface area contributed by atoms with Crippen LogP contribution >= 0.6 is 22.7 Å². The summed E-state index contributed by atoms with van der Waals surface area (Å²) in [6, 6.07) is 7.17. The van der Waals surface area contributed by atoms with Crippen LogP contribution in [0.1, 0.15) is 37.7 Å². The van der Waals surface area contributed by atoms with Gasteiger partial charge in [0.25, 0.3) is 0 Å². The summed E-state index contributed by atoms with van der Waals surface area (Å²) in [5, 5.41) is 37.9. The number of phenols is 3. The number of thiazole rings is 1. The first-order chi connectivity index (χ1) is 13.6. The zero-order valence-electron chi connectivity index (χ0n) is 15.2. The van der Waals surface area contributed by atoms with Crippen molar-refractivity contribution in [3.63, 3.8) is 0 Å². The Hall–Kier alpha value is -2.58. The van der Waals surface area contributed by atoms with Gasteiger partial charge in [-0.2, -0.15) is 5.10 Å². The Morgan fingerprint density at radius 3 is 2.57 bits per heavy atom. The van der Waals surface area contributed by atoms with Crippen molar-refractivity contribution in [2.45, 2.75) is 38.1 Å². The highest BCUT2D eigenvalue weighted by Crippen LogP contribution is 2.36. The maximum Gasteiger partial charge on any atom is 0.206 e. The van der Waals surface area contributed by atoms with Crippen molar-refractivity contribution in [3.8, 4) is 27.8 Å². The SMILES string of the molecule is Oc1ccc(/C=N/n2c(-c3cccs3)csc2=NC2CCCCC2)c(O)c1O. The molecule has 4 rings (SSSR count). The summed E-state index contributed by atoms with van der Waals surface area (Å²) < 4.78 is 1.79. The molecule has 0 spiro atoms. The highest BCUT2D eigenvalue weighted by Gasteiger charge is 2.15. The van der Waals surface area contributed by atoms with E-state index in [0.717, 1.165) is 28.2 Å². The molecular formula is C20H21N3O3S2. The third-order valence-corrected chi connectivity index (χ3v) is 6.52. The second-order valence-electron chi connectivity index (χ2n) is 6.73. The van der Waals surface area contributed by atoms with Crippen LogP contribution in [0, 0.1) is 0 Å². The van der Waals surface area contributed by atoms with E-state index in [1.807, 2.05) is 22.9 Å². The fourth-order valence-electron chi connectivity index (χ4n) is 3.27. The van der Waals surface area contributed by atoms with Crippen molar-refractivity contribution in [3.05, 3.63) is 45.4 Å². The molecule has 0 unspecified atom stereocenters. The van der Waals surface area contributed by atoms with Crippen LogP contribution in [-0.2, 0) is 0 Å². The second kappa shape index (κ2) is 8.20. The number of hydrogen-bond donors (Lipinski definition) is 3. The number of thiophene rings is 1. The summed E-state index contributed by atoms with van der Waals surface area (Å²) in [5.41, 5.74) is 1.25. The molecule has 0 aliphatic heterocycles. The van der Waals surface area contributed by atoms with Crippen LogP contribution < -0.4 is 4.80 Å². The van der Waals surface area contributed by atoms with E-state index in [1.165, 1.54) is 37.6 Å². The van der Waals surface area contributed by atoms with E-state index in [-0.39, 0.29) is 5.75 Å². The Morgan fingerprint density at radius 1 is 1.00 bits per heavy atom. The summed E-state index contributed by atoms with van der Waals surface area (Å²) in [7, 11) is 0. The Kier molecular flexibility index (Phi) is 5.50. The number of rotatable bonds is 4. The lowest BCUT2D eigenvalue weighted by atomic mass is 9.96. The molecule has 2 aromatic heterocycles. The minimum absolute atomic E-state index is 0.315. The standard InChI is InChI=1S/C20H21N3O3S2/c24-16-9-8-13(18(25)19(16)26)11-21-23-15(17-7-4-10-27-17)12-28-20(23)22-14-5-2-1-3-6-14/h4,7-12,14,24-26H,1-3,5-6H2/b21-11+,22-20?. The van der Waals surface area contributed by atoms with Gasteiger partial charge in [0.2, 0.25) is 10.6 Å². The fourth-order valence-corrected chi connectivity index (χ4v) is 4.97. The van der Waals surface area contributed by atoms with Crippen molar-refractivity contribution in [2.75, 3.05) is 0 Å². The van der Waals surface area contributed by atoms with Crippen molar-refractivity contribution in [1.82, 2.24) is 4.68 Å². The van der Waals surface area contributed by atoms with Crippen LogP contribution in [-0.4, -0.2) is 32.3 Å². The van der Waals surface area contributed by atoms with Crippen molar-refractivity contribution >= 4 is 28.9 Å². The minimum atomic E-state index is -0.551. The molecule has 0 saturated heterocycles. The topological polar surface area (TPSA) is 90.3 Å². The molecule has 1 aromatic carbocycles. The molecule has 0 radical (unpaired) electrons. The smallest absolute Gasteiger partial charge is 0.206 e. The summed E-state index contributed by atoms with van der Waals surface area (Å²) in [6.45, 7) is 0. The van der Waals surface area contributed by atoms with Gasteiger partial charge in [0.15, 0.2) is 11.5 Å². The summed E-state index contributed by atoms with van der Waals surface area (Å²) in [6.07, 6.45) is 7.37. The van der Waals surface area contributed by atoms with Gasteiger partial charge in [-0.25, -0.2) is 4.68 Å². The molecule has 1 aliphatic carbocycles. The molecule has 8 heteroatoms. The van der Waals surface area contributed by atoms with Crippen LogP contribution in [0.15, 0.2) is 45.1 Å². The average molecular weight is 416 g/mol. The normalized spacial score (nSPS) is 16.2. The van der Waals surface area contributed by atoms with E-state index in [9.17, 15) is 15.3 Å². The number of hydrogen-bond acceptors (Lipinski definition) is 7. The van der Waals surface area contributed by atoms with Crippen LogP contribution in [0.5, 0.6) is 17.2 Å². The lowest BCUT2D eigenvalue weighted by Crippen LogP contribution is -2.18. The molecular weight excluding hydrogens is 394 g/mol. The van der Waals surface area contributed by atoms with Gasteiger partial charge < -0.3 is 15.3 Å². The third-order valence-electron chi connectivity index (χ3n) is 4.80. The largest absolute Gasteiger partial charge is 0.504 e. The van der Waals surface area contributed by atoms with E-state index in [4.69, 9.17) is 4.99 Å². The number of aromatic nitrogens is 1. The Balaban J connectivity index is 1.76. The molecule has 3 aromatic rings. The number of aromatic hydroxyl groups is 3. The van der Waals surface area contributed by atoms with Gasteiger partial charge in [-0.05, 0) is 36.4 Å². The molecule has 6 nitrogen and oxygen atoms in total. The predicted octanol–water partition coefficient (Wildman–Crippen LogP) is 4.51. The fraction of sp³-hybridized carbons (Fsp3) is 0.300. The van der Waals surface area contributed by atoms with Gasteiger partial charge in [-0.1, -0.05) is 25.3 Å².